The van der Waals surface area contributed by atoms with E-state index >= 15 is 0 Å². The minimum absolute atomic E-state index is 0.237. The number of aromatic nitrogens is 1. The van der Waals surface area contributed by atoms with Gasteiger partial charge in [0, 0.05) is 16.7 Å². The summed E-state index contributed by atoms with van der Waals surface area (Å²) >= 11 is 0. The molecule has 0 radical (unpaired) electrons. The maximum Gasteiger partial charge on any atom is 0.574 e. The molecule has 0 fully saturated rings. The van der Waals surface area contributed by atoms with Crippen LogP contribution in [0.3, 0.4) is 0 Å². The van der Waals surface area contributed by atoms with Crippen molar-refractivity contribution in [2.45, 2.75) is 18.2 Å². The number of rotatable bonds is 3. The number of alkyl halides is 3. The van der Waals surface area contributed by atoms with Gasteiger partial charge in [-0.3, -0.25) is 10.1 Å². The number of pyridine rings is 1. The molecule has 0 aliphatic rings. The number of hydrogen-bond donors (Lipinski definition) is 0. The van der Waals surface area contributed by atoms with Gasteiger partial charge in [-0.1, -0.05) is 0 Å². The summed E-state index contributed by atoms with van der Waals surface area (Å²) in [6.45, 7) is 0.951. The third kappa shape index (κ3) is 3.92. The second-order valence-electron chi connectivity index (χ2n) is 3.14. The summed E-state index contributed by atoms with van der Waals surface area (Å²) in [5.41, 5.74) is -1.59. The number of aryl methyl sites for hydroxylation is 1. The van der Waals surface area contributed by atoms with E-state index in [4.69, 9.17) is 10.7 Å². The monoisotopic (exact) mass is 320 g/mol. The Morgan fingerprint density at radius 3 is 2.37 bits per heavy atom. The Hall–Kier alpha value is -1.62. The van der Waals surface area contributed by atoms with Gasteiger partial charge in [0.2, 0.25) is 5.88 Å². The van der Waals surface area contributed by atoms with E-state index in [9.17, 15) is 31.7 Å². The summed E-state index contributed by atoms with van der Waals surface area (Å²) in [5, 5.41) is 10.7. The molecular formula is C7H4ClF3N2O5S. The van der Waals surface area contributed by atoms with Crippen LogP contribution in [-0.2, 0) is 9.05 Å². The van der Waals surface area contributed by atoms with Crippen molar-refractivity contribution in [2.75, 3.05) is 0 Å². The van der Waals surface area contributed by atoms with Crippen LogP contribution in [0.15, 0.2) is 11.0 Å². The van der Waals surface area contributed by atoms with Gasteiger partial charge in [0.1, 0.15) is 5.69 Å². The normalized spacial score (nSPS) is 12.3. The van der Waals surface area contributed by atoms with E-state index in [1.54, 1.807) is 0 Å². The largest absolute Gasteiger partial charge is 0.574 e. The molecule has 0 amide bonds. The molecule has 0 unspecified atom stereocenters. The van der Waals surface area contributed by atoms with E-state index in [-0.39, 0.29) is 6.07 Å². The second kappa shape index (κ2) is 4.81. The van der Waals surface area contributed by atoms with Crippen LogP contribution < -0.4 is 4.74 Å². The fourth-order valence-corrected chi connectivity index (χ4v) is 2.24. The van der Waals surface area contributed by atoms with Crippen molar-refractivity contribution in [3.8, 4) is 5.88 Å². The fraction of sp³-hybridized carbons (Fsp3) is 0.286. The molecule has 106 valence electrons. The first-order chi connectivity index (χ1) is 8.42. The third-order valence-corrected chi connectivity index (χ3v) is 3.11. The van der Waals surface area contributed by atoms with Gasteiger partial charge in [-0.05, 0) is 6.92 Å². The van der Waals surface area contributed by atoms with Gasteiger partial charge in [-0.25, -0.2) is 13.4 Å². The Morgan fingerprint density at radius 2 is 2.00 bits per heavy atom. The van der Waals surface area contributed by atoms with E-state index in [2.05, 4.69) is 9.72 Å². The molecule has 0 aliphatic carbocycles. The summed E-state index contributed by atoms with van der Waals surface area (Å²) in [6, 6.07) is 0.237. The zero-order valence-electron chi connectivity index (χ0n) is 8.93. The quantitative estimate of drug-likeness (QED) is 0.480. The van der Waals surface area contributed by atoms with Gasteiger partial charge in [-0.2, -0.15) is 0 Å². The van der Waals surface area contributed by atoms with Crippen LogP contribution in [-0.4, -0.2) is 24.7 Å². The maximum atomic E-state index is 12.0. The van der Waals surface area contributed by atoms with Crippen molar-refractivity contribution in [1.29, 1.82) is 0 Å². The van der Waals surface area contributed by atoms with E-state index in [1.807, 2.05) is 0 Å². The highest BCUT2D eigenvalue weighted by molar-refractivity contribution is 8.13. The number of hydrogen-bond acceptors (Lipinski definition) is 6. The predicted octanol–water partition coefficient (Wildman–Crippen LogP) is 2.12. The molecule has 0 saturated carbocycles. The standard InChI is InChI=1S/C7H4ClF3N2O5S/c1-3-6(13(14)15)4(19(8,16)17)2-5(12-3)18-7(9,10)11/h2H,1H3. The van der Waals surface area contributed by atoms with Crippen LogP contribution in [0.2, 0.25) is 0 Å². The van der Waals surface area contributed by atoms with Gasteiger partial charge >= 0.3 is 12.0 Å². The first-order valence-electron chi connectivity index (χ1n) is 4.28. The average Bonchev–Trinajstić information content (AvgIpc) is 2.11. The highest BCUT2D eigenvalue weighted by Crippen LogP contribution is 2.33. The Morgan fingerprint density at radius 1 is 1.47 bits per heavy atom. The molecule has 0 N–H and O–H groups in total. The minimum atomic E-state index is -5.12. The van der Waals surface area contributed by atoms with Crippen molar-refractivity contribution in [2.24, 2.45) is 0 Å². The Bertz CT molecular complexity index is 630. The van der Waals surface area contributed by atoms with Crippen LogP contribution >= 0.6 is 10.7 Å². The lowest BCUT2D eigenvalue weighted by Gasteiger charge is -2.09. The van der Waals surface area contributed by atoms with Gasteiger partial charge in [0.15, 0.2) is 4.90 Å². The van der Waals surface area contributed by atoms with E-state index in [0.717, 1.165) is 6.92 Å². The summed E-state index contributed by atoms with van der Waals surface area (Å²) in [7, 11) is 0.290. The van der Waals surface area contributed by atoms with E-state index < -0.39 is 42.5 Å². The smallest absolute Gasteiger partial charge is 0.388 e. The molecule has 1 aromatic heterocycles. The minimum Gasteiger partial charge on any atom is -0.388 e. The molecule has 0 spiro atoms. The molecule has 0 bridgehead atoms. The molecule has 19 heavy (non-hydrogen) atoms. The highest BCUT2D eigenvalue weighted by Gasteiger charge is 2.35. The molecule has 0 aromatic carbocycles. The Kier molecular flexibility index (Phi) is 3.91. The number of halogens is 4. The van der Waals surface area contributed by atoms with Crippen LogP contribution in [0.1, 0.15) is 5.69 Å². The van der Waals surface area contributed by atoms with Crippen LogP contribution in [0.25, 0.3) is 0 Å². The molecule has 0 saturated heterocycles. The molecule has 7 nitrogen and oxygen atoms in total. The molecule has 1 aromatic rings. The maximum absolute atomic E-state index is 12.0. The van der Waals surface area contributed by atoms with Gasteiger partial charge in [-0.15, -0.1) is 13.2 Å². The molecular weight excluding hydrogens is 317 g/mol. The number of ether oxygens (including phenoxy) is 1. The van der Waals surface area contributed by atoms with Crippen molar-refractivity contribution in [1.82, 2.24) is 4.98 Å². The van der Waals surface area contributed by atoms with Gasteiger partial charge < -0.3 is 4.74 Å². The SMILES string of the molecule is Cc1nc(OC(F)(F)F)cc(S(=O)(=O)Cl)c1[N+](=O)[O-]. The summed E-state index contributed by atoms with van der Waals surface area (Å²) in [6.07, 6.45) is -5.12. The van der Waals surface area contributed by atoms with Crippen LogP contribution in [0.4, 0.5) is 18.9 Å². The number of nitro groups is 1. The third-order valence-electron chi connectivity index (χ3n) is 1.77. The summed E-state index contributed by atoms with van der Waals surface area (Å²) in [4.78, 5) is 11.6. The lowest BCUT2D eigenvalue weighted by Crippen LogP contribution is -2.18. The van der Waals surface area contributed by atoms with Gasteiger partial charge in [0.05, 0.1) is 4.92 Å². The first-order valence-corrected chi connectivity index (χ1v) is 6.59. The van der Waals surface area contributed by atoms with Crippen LogP contribution in [0.5, 0.6) is 5.88 Å². The van der Waals surface area contributed by atoms with Gasteiger partial charge in [0.25, 0.3) is 9.05 Å². The van der Waals surface area contributed by atoms with Crippen molar-refractivity contribution >= 4 is 25.4 Å². The molecule has 0 atom stereocenters. The molecule has 1 heterocycles. The lowest BCUT2D eigenvalue weighted by molar-refractivity contribution is -0.388. The zero-order chi connectivity index (χ0) is 15.0. The predicted molar refractivity (Wildman–Crippen MR) is 55.4 cm³/mol. The Labute approximate surface area is 108 Å². The molecule has 0 aliphatic heterocycles. The van der Waals surface area contributed by atoms with E-state index in [0.29, 0.717) is 0 Å². The molecule has 12 heteroatoms. The average molecular weight is 321 g/mol. The fourth-order valence-electron chi connectivity index (χ4n) is 1.19. The lowest BCUT2D eigenvalue weighted by atomic mass is 10.3. The Balaban J connectivity index is 3.53. The van der Waals surface area contributed by atoms with Crippen LogP contribution in [0, 0.1) is 17.0 Å². The molecule has 1 rings (SSSR count). The number of nitrogens with zero attached hydrogens (tertiary/aromatic N) is 2. The highest BCUT2D eigenvalue weighted by atomic mass is 35.7. The first kappa shape index (κ1) is 15.4. The van der Waals surface area contributed by atoms with Crippen molar-refractivity contribution in [3.05, 3.63) is 21.9 Å². The zero-order valence-corrected chi connectivity index (χ0v) is 10.5. The summed E-state index contributed by atoms with van der Waals surface area (Å²) < 4.78 is 61.6. The summed E-state index contributed by atoms with van der Waals surface area (Å²) in [5.74, 6) is -1.16. The van der Waals surface area contributed by atoms with Crippen molar-refractivity contribution in [3.63, 3.8) is 0 Å². The second-order valence-corrected chi connectivity index (χ2v) is 5.67. The van der Waals surface area contributed by atoms with E-state index in [1.165, 1.54) is 0 Å². The topological polar surface area (TPSA) is 99.4 Å². The van der Waals surface area contributed by atoms with Crippen molar-refractivity contribution < 1.29 is 31.2 Å².